The van der Waals surface area contributed by atoms with Crippen LogP contribution in [-0.4, -0.2) is 9.55 Å². The number of nitrogens with zero attached hydrogens (tertiary/aromatic N) is 2. The molecule has 1 heterocycles. The summed E-state index contributed by atoms with van der Waals surface area (Å²) in [5.74, 6) is 0. The van der Waals surface area contributed by atoms with Crippen LogP contribution in [0.1, 0.15) is 13.1 Å². The molecule has 0 spiro atoms. The van der Waals surface area contributed by atoms with E-state index in [0.29, 0.717) is 15.9 Å². The summed E-state index contributed by atoms with van der Waals surface area (Å²) in [5, 5.41) is 1.02. The number of aromatic nitrogens is 2. The lowest BCUT2D eigenvalue weighted by atomic mass is 10.2. The second kappa shape index (κ2) is 4.05. The van der Waals surface area contributed by atoms with Crippen LogP contribution in [0.25, 0.3) is 10.9 Å². The molecule has 0 amide bonds. The molecule has 2 aromatic rings. The molecule has 0 aliphatic rings. The second-order valence-corrected chi connectivity index (χ2v) is 4.23. The highest BCUT2D eigenvalue weighted by atomic mass is 35.5. The van der Waals surface area contributed by atoms with E-state index >= 15 is 0 Å². The van der Waals surface area contributed by atoms with E-state index in [-0.39, 0.29) is 10.8 Å². The Bertz CT molecular complexity index is 607. The fourth-order valence-electron chi connectivity index (χ4n) is 1.50. The fraction of sp³-hybridized carbons (Fsp3) is 0.200. The summed E-state index contributed by atoms with van der Waals surface area (Å²) in [7, 11) is 0. The highest BCUT2D eigenvalue weighted by Crippen LogP contribution is 2.17. The predicted molar refractivity (Wildman–Crippen MR) is 64.9 cm³/mol. The van der Waals surface area contributed by atoms with Crippen molar-refractivity contribution in [1.82, 2.24) is 9.55 Å². The zero-order chi connectivity index (χ0) is 11.9. The van der Waals surface area contributed by atoms with Crippen LogP contribution in [0.5, 0.6) is 0 Å². The van der Waals surface area contributed by atoms with Gasteiger partial charge in [-0.25, -0.2) is 4.98 Å². The molecule has 0 bridgehead atoms. The SMILES string of the molecule is CC(N)n1c(Cl)nc2cc(Cl)ccc2c1=O. The molecule has 6 heteroatoms. The molecule has 0 aliphatic carbocycles. The summed E-state index contributed by atoms with van der Waals surface area (Å²) in [4.78, 5) is 16.1. The van der Waals surface area contributed by atoms with Gasteiger partial charge in [0.1, 0.15) is 0 Å². The van der Waals surface area contributed by atoms with Gasteiger partial charge in [-0.05, 0) is 36.7 Å². The second-order valence-electron chi connectivity index (χ2n) is 3.46. The minimum atomic E-state index is -0.521. The van der Waals surface area contributed by atoms with Crippen molar-refractivity contribution in [2.24, 2.45) is 5.73 Å². The van der Waals surface area contributed by atoms with Crippen LogP contribution in [0, 0.1) is 0 Å². The van der Waals surface area contributed by atoms with Gasteiger partial charge in [0.05, 0.1) is 17.1 Å². The average Bonchev–Trinajstić information content (AvgIpc) is 2.15. The molecular formula is C10H9Cl2N3O. The summed E-state index contributed by atoms with van der Waals surface area (Å²) in [6.07, 6.45) is -0.521. The summed E-state index contributed by atoms with van der Waals surface area (Å²) >= 11 is 11.7. The van der Waals surface area contributed by atoms with Crippen molar-refractivity contribution < 1.29 is 0 Å². The van der Waals surface area contributed by atoms with Crippen molar-refractivity contribution in [3.63, 3.8) is 0 Å². The number of hydrogen-bond acceptors (Lipinski definition) is 3. The topological polar surface area (TPSA) is 60.9 Å². The Labute approximate surface area is 102 Å². The highest BCUT2D eigenvalue weighted by molar-refractivity contribution is 6.31. The molecule has 0 aliphatic heterocycles. The molecule has 0 saturated carbocycles. The van der Waals surface area contributed by atoms with E-state index in [0.717, 1.165) is 0 Å². The third-order valence-electron chi connectivity index (χ3n) is 2.23. The lowest BCUT2D eigenvalue weighted by Gasteiger charge is -2.12. The van der Waals surface area contributed by atoms with E-state index < -0.39 is 6.17 Å². The van der Waals surface area contributed by atoms with Crippen LogP contribution in [-0.2, 0) is 0 Å². The first kappa shape index (κ1) is 11.4. The standard InChI is InChI=1S/C10H9Cl2N3O/c1-5(13)15-9(16)7-3-2-6(11)4-8(7)14-10(15)12/h2-5H,13H2,1H3. The van der Waals surface area contributed by atoms with Gasteiger partial charge in [0.2, 0.25) is 5.28 Å². The number of halogens is 2. The van der Waals surface area contributed by atoms with Gasteiger partial charge in [0.25, 0.3) is 5.56 Å². The maximum atomic E-state index is 12.0. The van der Waals surface area contributed by atoms with Gasteiger partial charge >= 0.3 is 0 Å². The Morgan fingerprint density at radius 3 is 2.75 bits per heavy atom. The van der Waals surface area contributed by atoms with Gasteiger partial charge in [0, 0.05) is 5.02 Å². The first-order valence-corrected chi connectivity index (χ1v) is 5.39. The average molecular weight is 258 g/mol. The lowest BCUT2D eigenvalue weighted by Crippen LogP contribution is -2.29. The minimum absolute atomic E-state index is 0.0646. The third-order valence-corrected chi connectivity index (χ3v) is 2.73. The normalized spacial score (nSPS) is 13.0. The Kier molecular flexibility index (Phi) is 2.88. The van der Waals surface area contributed by atoms with Gasteiger partial charge < -0.3 is 5.73 Å². The van der Waals surface area contributed by atoms with E-state index in [4.69, 9.17) is 28.9 Å². The predicted octanol–water partition coefficient (Wildman–Crippen LogP) is 2.18. The van der Waals surface area contributed by atoms with Gasteiger partial charge in [-0.1, -0.05) is 11.6 Å². The van der Waals surface area contributed by atoms with Crippen molar-refractivity contribution in [2.75, 3.05) is 0 Å². The molecule has 2 N–H and O–H groups in total. The molecule has 2 rings (SSSR count). The smallest absolute Gasteiger partial charge is 0.263 e. The van der Waals surface area contributed by atoms with Crippen LogP contribution in [0.2, 0.25) is 10.3 Å². The van der Waals surface area contributed by atoms with Crippen molar-refractivity contribution in [1.29, 1.82) is 0 Å². The van der Waals surface area contributed by atoms with Gasteiger partial charge in [-0.15, -0.1) is 0 Å². The summed E-state index contributed by atoms with van der Waals surface area (Å²) in [6.45, 7) is 1.66. The molecule has 0 radical (unpaired) electrons. The first-order chi connectivity index (χ1) is 7.50. The quantitative estimate of drug-likeness (QED) is 0.797. The Morgan fingerprint density at radius 1 is 1.44 bits per heavy atom. The summed E-state index contributed by atoms with van der Waals surface area (Å²) in [6, 6.07) is 4.84. The molecule has 1 unspecified atom stereocenters. The zero-order valence-electron chi connectivity index (χ0n) is 8.45. The van der Waals surface area contributed by atoms with E-state index in [1.807, 2.05) is 0 Å². The van der Waals surface area contributed by atoms with Crippen LogP contribution in [0.15, 0.2) is 23.0 Å². The van der Waals surface area contributed by atoms with Crippen molar-refractivity contribution >= 4 is 34.1 Å². The van der Waals surface area contributed by atoms with Crippen molar-refractivity contribution in [3.05, 3.63) is 38.9 Å². The monoisotopic (exact) mass is 257 g/mol. The van der Waals surface area contributed by atoms with Crippen molar-refractivity contribution in [2.45, 2.75) is 13.1 Å². The van der Waals surface area contributed by atoms with Gasteiger partial charge in [-0.2, -0.15) is 0 Å². The molecule has 0 fully saturated rings. The van der Waals surface area contributed by atoms with Gasteiger partial charge in [-0.3, -0.25) is 9.36 Å². The van der Waals surface area contributed by atoms with E-state index in [1.165, 1.54) is 4.57 Å². The molecule has 0 saturated heterocycles. The molecular weight excluding hydrogens is 249 g/mol. The molecule has 1 aromatic heterocycles. The summed E-state index contributed by atoms with van der Waals surface area (Å²) in [5.41, 5.74) is 5.86. The van der Waals surface area contributed by atoms with Crippen LogP contribution < -0.4 is 11.3 Å². The fourth-order valence-corrected chi connectivity index (χ4v) is 1.99. The van der Waals surface area contributed by atoms with Gasteiger partial charge in [0.15, 0.2) is 0 Å². The maximum absolute atomic E-state index is 12.0. The van der Waals surface area contributed by atoms with Crippen LogP contribution in [0.3, 0.4) is 0 Å². The zero-order valence-corrected chi connectivity index (χ0v) is 9.96. The van der Waals surface area contributed by atoms with Crippen LogP contribution in [0.4, 0.5) is 0 Å². The third kappa shape index (κ3) is 1.80. The molecule has 16 heavy (non-hydrogen) atoms. The summed E-state index contributed by atoms with van der Waals surface area (Å²) < 4.78 is 1.23. The lowest BCUT2D eigenvalue weighted by molar-refractivity contribution is 0.548. The minimum Gasteiger partial charge on any atom is -0.311 e. The Morgan fingerprint density at radius 2 is 2.12 bits per heavy atom. The number of hydrogen-bond donors (Lipinski definition) is 1. The first-order valence-electron chi connectivity index (χ1n) is 4.63. The van der Waals surface area contributed by atoms with E-state index in [9.17, 15) is 4.79 Å². The largest absolute Gasteiger partial charge is 0.311 e. The maximum Gasteiger partial charge on any atom is 0.263 e. The van der Waals surface area contributed by atoms with E-state index in [2.05, 4.69) is 4.98 Å². The van der Waals surface area contributed by atoms with Crippen LogP contribution >= 0.6 is 23.2 Å². The molecule has 1 atom stereocenters. The highest BCUT2D eigenvalue weighted by Gasteiger charge is 2.11. The Hall–Kier alpha value is -1.10. The number of nitrogens with two attached hydrogens (primary N) is 1. The molecule has 1 aromatic carbocycles. The molecule has 84 valence electrons. The molecule has 4 nitrogen and oxygen atoms in total. The Balaban J connectivity index is 2.89. The number of fused-ring (bicyclic) bond motifs is 1. The van der Waals surface area contributed by atoms with E-state index in [1.54, 1.807) is 25.1 Å². The number of benzene rings is 1. The van der Waals surface area contributed by atoms with Crippen molar-refractivity contribution in [3.8, 4) is 0 Å². The number of rotatable bonds is 1.